The Hall–Kier alpha value is -5.17. The number of sulfonamides is 1. The molecule has 0 saturated carbocycles. The molecule has 0 radical (unpaired) electrons. The lowest BCUT2D eigenvalue weighted by Crippen LogP contribution is -2.45. The average Bonchev–Trinajstić information content (AvgIpc) is 3.59. The standard InChI is InChI=1S/C42H42N4O6S/c1-28-12-22-35(23-13-28)53(49,50)45-37(24-30-8-4-3-5-9-30)41(48)44-34-20-18-33(19-21-34)42-51-39(25-46-27-43-36-10-6-7-11-38(36)46)29(2)40(52-42)32-16-14-31(26-47)15-17-32/h3-23,27,29,37,39-40,42,45,47H,24-26H2,1-2H3,(H,44,48)/t29-,37+,39+,40+,42+/m0/s1. The molecule has 1 aromatic heterocycles. The molecule has 0 aliphatic carbocycles. The first-order valence-corrected chi connectivity index (χ1v) is 19.1. The van der Waals surface area contributed by atoms with Crippen molar-refractivity contribution in [1.82, 2.24) is 14.3 Å². The summed E-state index contributed by atoms with van der Waals surface area (Å²) in [7, 11) is -3.99. The first-order valence-electron chi connectivity index (χ1n) is 17.6. The van der Waals surface area contributed by atoms with E-state index < -0.39 is 28.3 Å². The van der Waals surface area contributed by atoms with Crippen molar-refractivity contribution in [2.24, 2.45) is 5.92 Å². The lowest BCUT2D eigenvalue weighted by Gasteiger charge is -2.41. The number of amides is 1. The number of hydrogen-bond acceptors (Lipinski definition) is 7. The summed E-state index contributed by atoms with van der Waals surface area (Å²) in [6.45, 7) is 4.51. The van der Waals surface area contributed by atoms with Crippen molar-refractivity contribution in [1.29, 1.82) is 0 Å². The molecule has 1 aliphatic heterocycles. The molecule has 3 N–H and O–H groups in total. The fraction of sp³-hybridized carbons (Fsp3) is 0.238. The first kappa shape index (κ1) is 36.2. The molecular formula is C42H42N4O6S. The monoisotopic (exact) mass is 730 g/mol. The highest BCUT2D eigenvalue weighted by molar-refractivity contribution is 7.89. The van der Waals surface area contributed by atoms with Gasteiger partial charge in [0.2, 0.25) is 15.9 Å². The maximum Gasteiger partial charge on any atom is 0.242 e. The van der Waals surface area contributed by atoms with Gasteiger partial charge in [-0.05, 0) is 66.4 Å². The summed E-state index contributed by atoms with van der Waals surface area (Å²) in [6, 6.07) is 37.7. The number of carbonyl (C=O) groups excluding carboxylic acids is 1. The van der Waals surface area contributed by atoms with Gasteiger partial charge in [-0.2, -0.15) is 4.72 Å². The van der Waals surface area contributed by atoms with Gasteiger partial charge in [0.25, 0.3) is 0 Å². The van der Waals surface area contributed by atoms with E-state index in [4.69, 9.17) is 9.47 Å². The third-order valence-electron chi connectivity index (χ3n) is 9.71. The third kappa shape index (κ3) is 8.40. The SMILES string of the molecule is Cc1ccc(S(=O)(=O)N[C@H](Cc2ccccc2)C(=O)Nc2ccc([C@@H]3O[C@H](Cn4cnc5ccccc54)[C@H](C)[C@H](c4ccc(CO)cc4)O3)cc2)cc1. The predicted molar refractivity (Wildman–Crippen MR) is 203 cm³/mol. The van der Waals surface area contributed by atoms with Gasteiger partial charge in [0, 0.05) is 17.2 Å². The zero-order valence-corrected chi connectivity index (χ0v) is 30.3. The molecule has 1 amide bonds. The molecule has 1 fully saturated rings. The maximum atomic E-state index is 13.7. The summed E-state index contributed by atoms with van der Waals surface area (Å²) in [6.07, 6.45) is 0.728. The summed E-state index contributed by atoms with van der Waals surface area (Å²) >= 11 is 0. The molecule has 5 aromatic carbocycles. The molecule has 0 unspecified atom stereocenters. The summed E-state index contributed by atoms with van der Waals surface area (Å²) in [5.74, 6) is -0.522. The van der Waals surface area contributed by atoms with Crippen molar-refractivity contribution >= 4 is 32.7 Å². The Morgan fingerprint density at radius 3 is 2.23 bits per heavy atom. The zero-order chi connectivity index (χ0) is 37.0. The second kappa shape index (κ2) is 15.8. The number of carbonyl (C=O) groups is 1. The van der Waals surface area contributed by atoms with Crippen LogP contribution < -0.4 is 10.0 Å². The highest BCUT2D eigenvalue weighted by Gasteiger charge is 2.39. The number of aliphatic hydroxyl groups excluding tert-OH is 1. The number of nitrogens with zero attached hydrogens (tertiary/aromatic N) is 2. The van der Waals surface area contributed by atoms with E-state index in [-0.39, 0.29) is 36.0 Å². The van der Waals surface area contributed by atoms with Crippen molar-refractivity contribution in [2.75, 3.05) is 5.32 Å². The molecule has 5 atom stereocenters. The minimum Gasteiger partial charge on any atom is -0.392 e. The van der Waals surface area contributed by atoms with E-state index in [0.29, 0.717) is 12.2 Å². The van der Waals surface area contributed by atoms with Crippen molar-refractivity contribution in [3.05, 3.63) is 162 Å². The number of aromatic nitrogens is 2. The van der Waals surface area contributed by atoms with Crippen molar-refractivity contribution < 1.29 is 27.8 Å². The van der Waals surface area contributed by atoms with E-state index in [2.05, 4.69) is 26.5 Å². The molecule has 6 aromatic rings. The quantitative estimate of drug-likeness (QED) is 0.125. The predicted octanol–water partition coefficient (Wildman–Crippen LogP) is 6.86. The molecule has 0 spiro atoms. The number of imidazole rings is 1. The summed E-state index contributed by atoms with van der Waals surface area (Å²) in [5, 5.41) is 12.5. The number of ether oxygens (including phenoxy) is 2. The van der Waals surface area contributed by atoms with Gasteiger partial charge in [-0.25, -0.2) is 13.4 Å². The van der Waals surface area contributed by atoms with E-state index in [9.17, 15) is 18.3 Å². The van der Waals surface area contributed by atoms with E-state index in [1.165, 1.54) is 12.1 Å². The Morgan fingerprint density at radius 1 is 0.830 bits per heavy atom. The van der Waals surface area contributed by atoms with Gasteiger partial charge in [-0.1, -0.05) is 103 Å². The van der Waals surface area contributed by atoms with Gasteiger partial charge in [0.15, 0.2) is 6.29 Å². The van der Waals surface area contributed by atoms with Gasteiger partial charge in [0.05, 0.1) is 47.6 Å². The molecule has 272 valence electrons. The number of aliphatic hydroxyl groups is 1. The second-order valence-electron chi connectivity index (χ2n) is 13.5. The number of fused-ring (bicyclic) bond motifs is 1. The highest BCUT2D eigenvalue weighted by atomic mass is 32.2. The van der Waals surface area contributed by atoms with Crippen LogP contribution in [0.2, 0.25) is 0 Å². The molecule has 10 nitrogen and oxygen atoms in total. The maximum absolute atomic E-state index is 13.7. The Morgan fingerprint density at radius 2 is 1.51 bits per heavy atom. The van der Waals surface area contributed by atoms with Gasteiger partial charge >= 0.3 is 0 Å². The van der Waals surface area contributed by atoms with Gasteiger partial charge in [-0.15, -0.1) is 0 Å². The van der Waals surface area contributed by atoms with Crippen LogP contribution in [-0.4, -0.2) is 41.1 Å². The largest absolute Gasteiger partial charge is 0.392 e. The Balaban J connectivity index is 1.11. The van der Waals surface area contributed by atoms with Crippen molar-refractivity contribution in [3.8, 4) is 0 Å². The van der Waals surface area contributed by atoms with Crippen LogP contribution in [0.5, 0.6) is 0 Å². The van der Waals surface area contributed by atoms with E-state index in [0.717, 1.165) is 38.9 Å². The highest BCUT2D eigenvalue weighted by Crippen LogP contribution is 2.42. The minimum absolute atomic E-state index is 0.0313. The van der Waals surface area contributed by atoms with Crippen LogP contribution >= 0.6 is 0 Å². The zero-order valence-electron chi connectivity index (χ0n) is 29.5. The molecule has 0 bridgehead atoms. The van der Waals surface area contributed by atoms with Crippen LogP contribution in [0, 0.1) is 12.8 Å². The molecule has 1 saturated heterocycles. The molecule has 1 aliphatic rings. The summed E-state index contributed by atoms with van der Waals surface area (Å²) in [5.41, 5.74) is 6.71. The van der Waals surface area contributed by atoms with Crippen LogP contribution in [0.4, 0.5) is 5.69 Å². The molecule has 11 heteroatoms. The molecule has 2 heterocycles. The topological polar surface area (TPSA) is 132 Å². The Labute approximate surface area is 309 Å². The van der Waals surface area contributed by atoms with Crippen LogP contribution in [0.25, 0.3) is 11.0 Å². The van der Waals surface area contributed by atoms with Gasteiger partial charge < -0.3 is 24.5 Å². The third-order valence-corrected chi connectivity index (χ3v) is 11.2. The van der Waals surface area contributed by atoms with E-state index in [1.807, 2.05) is 104 Å². The lowest BCUT2D eigenvalue weighted by atomic mass is 9.90. The number of hydrogen-bond donors (Lipinski definition) is 3. The number of anilines is 1. The smallest absolute Gasteiger partial charge is 0.242 e. The number of para-hydroxylation sites is 2. The van der Waals surface area contributed by atoms with Crippen LogP contribution in [-0.2, 0) is 43.9 Å². The van der Waals surface area contributed by atoms with Crippen LogP contribution in [0.15, 0.2) is 139 Å². The van der Waals surface area contributed by atoms with Crippen molar-refractivity contribution in [3.63, 3.8) is 0 Å². The van der Waals surface area contributed by atoms with Crippen LogP contribution in [0.1, 0.15) is 47.1 Å². The minimum atomic E-state index is -3.99. The van der Waals surface area contributed by atoms with E-state index >= 15 is 0 Å². The van der Waals surface area contributed by atoms with Crippen LogP contribution in [0.3, 0.4) is 0 Å². The average molecular weight is 731 g/mol. The number of benzene rings is 5. The van der Waals surface area contributed by atoms with Crippen molar-refractivity contribution in [2.45, 2.75) is 62.9 Å². The van der Waals surface area contributed by atoms with E-state index in [1.54, 1.807) is 24.3 Å². The fourth-order valence-electron chi connectivity index (χ4n) is 6.64. The molecule has 53 heavy (non-hydrogen) atoms. The lowest BCUT2D eigenvalue weighted by molar-refractivity contribution is -0.276. The fourth-order valence-corrected chi connectivity index (χ4v) is 7.84. The molecular weight excluding hydrogens is 689 g/mol. The number of nitrogens with one attached hydrogen (secondary N) is 2. The number of rotatable bonds is 12. The Bertz CT molecular complexity index is 2260. The summed E-state index contributed by atoms with van der Waals surface area (Å²) < 4.78 is 44.7. The number of aryl methyl sites for hydroxylation is 1. The normalized spacial score (nSPS) is 19.5. The van der Waals surface area contributed by atoms with Gasteiger partial charge in [0.1, 0.15) is 6.04 Å². The first-order chi connectivity index (χ1) is 25.7. The second-order valence-corrected chi connectivity index (χ2v) is 15.2. The summed E-state index contributed by atoms with van der Waals surface area (Å²) in [4.78, 5) is 18.4. The van der Waals surface area contributed by atoms with Gasteiger partial charge in [-0.3, -0.25) is 4.79 Å². The Kier molecular flexibility index (Phi) is 10.8. The molecule has 7 rings (SSSR count).